The van der Waals surface area contributed by atoms with Crippen molar-refractivity contribution in [3.05, 3.63) is 29.8 Å². The van der Waals surface area contributed by atoms with E-state index < -0.39 is 12.0 Å². The molecule has 1 aromatic rings. The first kappa shape index (κ1) is 16.7. The van der Waals surface area contributed by atoms with Crippen molar-refractivity contribution in [1.29, 1.82) is 0 Å². The zero-order valence-electron chi connectivity index (χ0n) is 12.3. The summed E-state index contributed by atoms with van der Waals surface area (Å²) in [7, 11) is 0. The lowest BCUT2D eigenvalue weighted by Gasteiger charge is -2.21. The van der Waals surface area contributed by atoms with Crippen LogP contribution in [0.4, 0.5) is 5.69 Å². The van der Waals surface area contributed by atoms with Crippen LogP contribution in [0, 0.1) is 5.92 Å². The molecule has 1 aromatic carbocycles. The molecule has 0 spiro atoms. The van der Waals surface area contributed by atoms with Crippen LogP contribution in [-0.2, 0) is 20.8 Å². The zero-order chi connectivity index (χ0) is 16.0. The van der Waals surface area contributed by atoms with Crippen molar-refractivity contribution in [1.82, 2.24) is 5.32 Å². The molecule has 1 rings (SSSR count). The molecule has 0 saturated carbocycles. The van der Waals surface area contributed by atoms with Gasteiger partial charge in [-0.2, -0.15) is 0 Å². The number of aliphatic carboxylic acids is 1. The van der Waals surface area contributed by atoms with Crippen LogP contribution < -0.4 is 10.6 Å². The molecule has 1 unspecified atom stereocenters. The third-order valence-electron chi connectivity index (χ3n) is 2.86. The fourth-order valence-electron chi connectivity index (χ4n) is 1.91. The summed E-state index contributed by atoms with van der Waals surface area (Å²) < 4.78 is 0. The first-order valence-corrected chi connectivity index (χ1v) is 6.68. The molecule has 0 aliphatic rings. The molecule has 0 saturated heterocycles. The molecule has 0 bridgehead atoms. The monoisotopic (exact) mass is 292 g/mol. The van der Waals surface area contributed by atoms with Crippen molar-refractivity contribution in [2.24, 2.45) is 5.92 Å². The quantitative estimate of drug-likeness (QED) is 0.738. The van der Waals surface area contributed by atoms with Gasteiger partial charge < -0.3 is 15.7 Å². The van der Waals surface area contributed by atoms with Crippen molar-refractivity contribution < 1.29 is 19.5 Å². The van der Waals surface area contributed by atoms with E-state index in [4.69, 9.17) is 5.11 Å². The second-order valence-corrected chi connectivity index (χ2v) is 5.18. The lowest BCUT2D eigenvalue weighted by Crippen LogP contribution is -2.46. The molecular weight excluding hydrogens is 272 g/mol. The van der Waals surface area contributed by atoms with E-state index >= 15 is 0 Å². The highest BCUT2D eigenvalue weighted by molar-refractivity contribution is 5.97. The molecule has 0 fully saturated rings. The number of benzene rings is 1. The predicted octanol–water partition coefficient (Wildman–Crippen LogP) is 1.41. The highest BCUT2D eigenvalue weighted by atomic mass is 16.4. The van der Waals surface area contributed by atoms with Gasteiger partial charge in [0.15, 0.2) is 0 Å². The first-order valence-electron chi connectivity index (χ1n) is 6.68. The number of hydrogen-bond donors (Lipinski definition) is 3. The summed E-state index contributed by atoms with van der Waals surface area (Å²) in [5, 5.41) is 14.1. The summed E-state index contributed by atoms with van der Waals surface area (Å²) in [6.07, 6.45) is -0.108. The summed E-state index contributed by atoms with van der Waals surface area (Å²) in [6.45, 7) is 5.03. The highest BCUT2D eigenvalue weighted by Gasteiger charge is 2.23. The fraction of sp³-hybridized carbons (Fsp3) is 0.400. The van der Waals surface area contributed by atoms with Gasteiger partial charge >= 0.3 is 5.97 Å². The van der Waals surface area contributed by atoms with E-state index in [1.54, 1.807) is 24.3 Å². The van der Waals surface area contributed by atoms with Crippen molar-refractivity contribution in [3.8, 4) is 0 Å². The van der Waals surface area contributed by atoms with Gasteiger partial charge in [0.2, 0.25) is 11.8 Å². The van der Waals surface area contributed by atoms with Crippen molar-refractivity contribution in [3.63, 3.8) is 0 Å². The van der Waals surface area contributed by atoms with Gasteiger partial charge in [-0.1, -0.05) is 26.0 Å². The van der Waals surface area contributed by atoms with E-state index in [-0.39, 0.29) is 24.2 Å². The van der Waals surface area contributed by atoms with Crippen LogP contribution in [0.2, 0.25) is 0 Å². The van der Waals surface area contributed by atoms with Gasteiger partial charge in [-0.25, -0.2) is 0 Å². The summed E-state index contributed by atoms with van der Waals surface area (Å²) in [6, 6.07) is 6.00. The van der Waals surface area contributed by atoms with Crippen LogP contribution in [0.3, 0.4) is 0 Å². The number of anilines is 1. The molecule has 6 nitrogen and oxygen atoms in total. The summed E-state index contributed by atoms with van der Waals surface area (Å²) in [5.41, 5.74) is 1.11. The fourth-order valence-corrected chi connectivity index (χ4v) is 1.91. The Morgan fingerprint density at radius 1 is 1.24 bits per heavy atom. The SMILES string of the molecule is CC(=O)NC(C(=O)Nc1cccc(CC(=O)O)c1)C(C)C. The minimum absolute atomic E-state index is 0.0592. The zero-order valence-corrected chi connectivity index (χ0v) is 12.3. The van der Waals surface area contributed by atoms with E-state index in [0.29, 0.717) is 11.3 Å². The summed E-state index contributed by atoms with van der Waals surface area (Å²) in [4.78, 5) is 34.0. The first-order chi connectivity index (χ1) is 9.79. The predicted molar refractivity (Wildman–Crippen MR) is 78.9 cm³/mol. The smallest absolute Gasteiger partial charge is 0.307 e. The summed E-state index contributed by atoms with van der Waals surface area (Å²) >= 11 is 0. The average Bonchev–Trinajstić information content (AvgIpc) is 2.34. The molecule has 1 atom stereocenters. The molecule has 114 valence electrons. The van der Waals surface area contributed by atoms with Crippen LogP contribution in [0.15, 0.2) is 24.3 Å². The Labute approximate surface area is 123 Å². The number of hydrogen-bond acceptors (Lipinski definition) is 3. The van der Waals surface area contributed by atoms with Gasteiger partial charge in [-0.3, -0.25) is 14.4 Å². The van der Waals surface area contributed by atoms with Crippen LogP contribution in [0.5, 0.6) is 0 Å². The van der Waals surface area contributed by atoms with Gasteiger partial charge in [-0.15, -0.1) is 0 Å². The minimum atomic E-state index is -0.934. The second-order valence-electron chi connectivity index (χ2n) is 5.18. The summed E-state index contributed by atoms with van der Waals surface area (Å²) in [5.74, 6) is -1.59. The number of carbonyl (C=O) groups is 3. The van der Waals surface area contributed by atoms with Gasteiger partial charge in [-0.05, 0) is 23.6 Å². The molecule has 0 aliphatic carbocycles. The Balaban J connectivity index is 2.81. The maximum Gasteiger partial charge on any atom is 0.307 e. The normalized spacial score (nSPS) is 11.8. The molecule has 6 heteroatoms. The topological polar surface area (TPSA) is 95.5 Å². The van der Waals surface area contributed by atoms with E-state index in [2.05, 4.69) is 10.6 Å². The minimum Gasteiger partial charge on any atom is -0.481 e. The van der Waals surface area contributed by atoms with Crippen LogP contribution in [0.25, 0.3) is 0 Å². The third-order valence-corrected chi connectivity index (χ3v) is 2.86. The molecule has 2 amide bonds. The number of carboxylic acids is 1. The van der Waals surface area contributed by atoms with Crippen molar-refractivity contribution in [2.45, 2.75) is 33.2 Å². The maximum absolute atomic E-state index is 12.2. The molecule has 0 heterocycles. The van der Waals surface area contributed by atoms with Crippen LogP contribution >= 0.6 is 0 Å². The number of carbonyl (C=O) groups excluding carboxylic acids is 2. The van der Waals surface area contributed by atoms with Crippen LogP contribution in [0.1, 0.15) is 26.3 Å². The molecular formula is C15H20N2O4. The Morgan fingerprint density at radius 3 is 2.43 bits per heavy atom. The van der Waals surface area contributed by atoms with Gasteiger partial charge in [0.05, 0.1) is 6.42 Å². The van der Waals surface area contributed by atoms with E-state index in [1.165, 1.54) is 6.92 Å². The Morgan fingerprint density at radius 2 is 1.90 bits per heavy atom. The maximum atomic E-state index is 12.2. The third kappa shape index (κ3) is 5.64. The molecule has 21 heavy (non-hydrogen) atoms. The number of rotatable bonds is 6. The average molecular weight is 292 g/mol. The second kappa shape index (κ2) is 7.42. The molecule has 0 aliphatic heterocycles. The van der Waals surface area contributed by atoms with E-state index in [0.717, 1.165) is 0 Å². The molecule has 3 N–H and O–H groups in total. The van der Waals surface area contributed by atoms with Gasteiger partial charge in [0.1, 0.15) is 6.04 Å². The Kier molecular flexibility index (Phi) is 5.90. The van der Waals surface area contributed by atoms with E-state index in [1.807, 2.05) is 13.8 Å². The standard InChI is InChI=1S/C15H20N2O4/c1-9(2)14(16-10(3)18)15(21)17-12-6-4-5-11(7-12)8-13(19)20/h4-7,9,14H,8H2,1-3H3,(H,16,18)(H,17,21)(H,19,20). The largest absolute Gasteiger partial charge is 0.481 e. The van der Waals surface area contributed by atoms with Crippen LogP contribution in [-0.4, -0.2) is 28.9 Å². The van der Waals surface area contributed by atoms with Crippen molar-refractivity contribution in [2.75, 3.05) is 5.32 Å². The Hall–Kier alpha value is -2.37. The lowest BCUT2D eigenvalue weighted by molar-refractivity contribution is -0.136. The molecule has 0 aromatic heterocycles. The number of carboxylic acid groups (broad SMARTS) is 1. The molecule has 0 radical (unpaired) electrons. The van der Waals surface area contributed by atoms with Gasteiger partial charge in [0.25, 0.3) is 0 Å². The Bertz CT molecular complexity index is 540. The van der Waals surface area contributed by atoms with E-state index in [9.17, 15) is 14.4 Å². The number of nitrogens with one attached hydrogen (secondary N) is 2. The lowest BCUT2D eigenvalue weighted by atomic mass is 10.0. The van der Waals surface area contributed by atoms with Gasteiger partial charge in [0, 0.05) is 12.6 Å². The highest BCUT2D eigenvalue weighted by Crippen LogP contribution is 2.13. The number of amides is 2. The van der Waals surface area contributed by atoms with Crippen molar-refractivity contribution >= 4 is 23.5 Å².